The van der Waals surface area contributed by atoms with Gasteiger partial charge in [0.2, 0.25) is 0 Å². The molecule has 106 valence electrons. The van der Waals surface area contributed by atoms with E-state index < -0.39 is 5.97 Å². The number of imidazole rings is 1. The van der Waals surface area contributed by atoms with Crippen molar-refractivity contribution in [2.24, 2.45) is 0 Å². The molecule has 7 heteroatoms. The molecule has 1 aliphatic rings. The number of carboxylic acid groups (broad SMARTS) is 1. The second-order valence-corrected chi connectivity index (χ2v) is 5.67. The first-order valence-electron chi connectivity index (χ1n) is 6.23. The highest BCUT2D eigenvalue weighted by molar-refractivity contribution is 7.99. The number of nitrogens with zero attached hydrogens (tertiary/aromatic N) is 3. The van der Waals surface area contributed by atoms with Gasteiger partial charge in [0.25, 0.3) is 0 Å². The summed E-state index contributed by atoms with van der Waals surface area (Å²) in [4.78, 5) is 17.1. The molecular formula is C12H19N3O3S. The molecule has 0 spiro atoms. The Bertz CT molecular complexity index is 449. The zero-order chi connectivity index (χ0) is 13.8. The van der Waals surface area contributed by atoms with Gasteiger partial charge in [0, 0.05) is 25.0 Å². The average Bonchev–Trinajstić information content (AvgIpc) is 2.68. The van der Waals surface area contributed by atoms with E-state index in [1.807, 2.05) is 11.5 Å². The van der Waals surface area contributed by atoms with Gasteiger partial charge in [-0.15, -0.1) is 0 Å². The van der Waals surface area contributed by atoms with E-state index in [9.17, 15) is 4.79 Å². The predicted octanol–water partition coefficient (Wildman–Crippen LogP) is 0.699. The van der Waals surface area contributed by atoms with Crippen LogP contribution in [0.3, 0.4) is 0 Å². The van der Waals surface area contributed by atoms with E-state index in [0.717, 1.165) is 37.1 Å². The molecule has 6 nitrogen and oxygen atoms in total. The third-order valence-electron chi connectivity index (χ3n) is 3.07. The number of morpholine rings is 1. The van der Waals surface area contributed by atoms with Crippen molar-refractivity contribution < 1.29 is 14.6 Å². The fourth-order valence-corrected chi connectivity index (χ4v) is 2.84. The molecule has 1 saturated heterocycles. The molecule has 1 aromatic heterocycles. The van der Waals surface area contributed by atoms with Crippen LogP contribution in [0.4, 0.5) is 0 Å². The Balaban J connectivity index is 2.02. The number of likely N-dealkylation sites (N-methyl/N-ethyl adjacent to an activating group) is 1. The lowest BCUT2D eigenvalue weighted by Crippen LogP contribution is -2.42. The summed E-state index contributed by atoms with van der Waals surface area (Å²) in [7, 11) is 2.08. The highest BCUT2D eigenvalue weighted by Gasteiger charge is 2.20. The summed E-state index contributed by atoms with van der Waals surface area (Å²) in [6.45, 7) is 5.29. The monoisotopic (exact) mass is 285 g/mol. The van der Waals surface area contributed by atoms with Gasteiger partial charge in [0.05, 0.1) is 25.0 Å². The van der Waals surface area contributed by atoms with Gasteiger partial charge in [-0.2, -0.15) is 0 Å². The Kier molecular flexibility index (Phi) is 4.84. The molecule has 1 aliphatic heterocycles. The minimum Gasteiger partial charge on any atom is -0.481 e. The molecule has 1 N–H and O–H groups in total. The minimum absolute atomic E-state index is 0.0296. The first-order chi connectivity index (χ1) is 9.06. The van der Waals surface area contributed by atoms with Crippen LogP contribution in [0, 0.1) is 6.92 Å². The van der Waals surface area contributed by atoms with Crippen LogP contribution < -0.4 is 0 Å². The molecule has 1 unspecified atom stereocenters. The lowest BCUT2D eigenvalue weighted by Gasteiger charge is -2.30. The number of aryl methyl sites for hydroxylation is 1. The maximum absolute atomic E-state index is 10.6. The van der Waals surface area contributed by atoms with Crippen molar-refractivity contribution in [1.82, 2.24) is 14.5 Å². The summed E-state index contributed by atoms with van der Waals surface area (Å²) in [5, 5.41) is 9.49. The van der Waals surface area contributed by atoms with Crippen LogP contribution in [0.5, 0.6) is 0 Å². The standard InChI is InChI=1S/C12H19N3O3S/c1-9-5-13-12(19-8-11(16)17)15(9)7-10-6-14(2)3-4-18-10/h5,10H,3-4,6-8H2,1-2H3,(H,16,17). The van der Waals surface area contributed by atoms with Gasteiger partial charge in [-0.1, -0.05) is 11.8 Å². The van der Waals surface area contributed by atoms with E-state index in [-0.39, 0.29) is 11.9 Å². The molecule has 0 bridgehead atoms. The number of aromatic nitrogens is 2. The Morgan fingerprint density at radius 3 is 3.16 bits per heavy atom. The number of carboxylic acids is 1. The average molecular weight is 285 g/mol. The van der Waals surface area contributed by atoms with Crippen molar-refractivity contribution in [3.05, 3.63) is 11.9 Å². The first-order valence-corrected chi connectivity index (χ1v) is 7.21. The summed E-state index contributed by atoms with van der Waals surface area (Å²) in [5.74, 6) is -0.798. The SMILES string of the molecule is Cc1cnc(SCC(=O)O)n1CC1CN(C)CCO1. The molecule has 1 atom stereocenters. The Morgan fingerprint density at radius 1 is 1.68 bits per heavy atom. The van der Waals surface area contributed by atoms with E-state index in [0.29, 0.717) is 0 Å². The van der Waals surface area contributed by atoms with Gasteiger partial charge >= 0.3 is 5.97 Å². The lowest BCUT2D eigenvalue weighted by molar-refractivity contribution is -0.133. The van der Waals surface area contributed by atoms with Crippen molar-refractivity contribution in [3.8, 4) is 0 Å². The van der Waals surface area contributed by atoms with Crippen LogP contribution in [0.25, 0.3) is 0 Å². The molecule has 0 amide bonds. The van der Waals surface area contributed by atoms with Crippen LogP contribution in [0.1, 0.15) is 5.69 Å². The van der Waals surface area contributed by atoms with E-state index in [4.69, 9.17) is 9.84 Å². The zero-order valence-electron chi connectivity index (χ0n) is 11.2. The largest absolute Gasteiger partial charge is 0.481 e. The summed E-state index contributed by atoms with van der Waals surface area (Å²) in [6, 6.07) is 0. The summed E-state index contributed by atoms with van der Waals surface area (Å²) < 4.78 is 7.78. The first kappa shape index (κ1) is 14.4. The van der Waals surface area contributed by atoms with E-state index in [1.165, 1.54) is 11.8 Å². The lowest BCUT2D eigenvalue weighted by atomic mass is 10.3. The van der Waals surface area contributed by atoms with Crippen LogP contribution in [-0.4, -0.2) is 64.1 Å². The van der Waals surface area contributed by atoms with Crippen molar-refractivity contribution in [2.45, 2.75) is 24.7 Å². The second-order valence-electron chi connectivity index (χ2n) is 4.73. The number of thioether (sulfide) groups is 1. The number of hydrogen-bond acceptors (Lipinski definition) is 5. The normalized spacial score (nSPS) is 20.6. The number of carbonyl (C=O) groups is 1. The molecule has 2 rings (SSSR count). The summed E-state index contributed by atoms with van der Waals surface area (Å²) >= 11 is 1.25. The fraction of sp³-hybridized carbons (Fsp3) is 0.667. The fourth-order valence-electron chi connectivity index (χ4n) is 2.08. The number of rotatable bonds is 5. The van der Waals surface area contributed by atoms with Gasteiger partial charge in [0.15, 0.2) is 5.16 Å². The molecule has 1 fully saturated rings. The Hall–Kier alpha value is -1.05. The second kappa shape index (κ2) is 6.40. The molecule has 0 aromatic carbocycles. The highest BCUT2D eigenvalue weighted by atomic mass is 32.2. The van der Waals surface area contributed by atoms with Gasteiger partial charge in [-0.25, -0.2) is 4.98 Å². The highest BCUT2D eigenvalue weighted by Crippen LogP contribution is 2.19. The van der Waals surface area contributed by atoms with Crippen molar-refractivity contribution in [1.29, 1.82) is 0 Å². The Labute approximate surface area is 116 Å². The van der Waals surface area contributed by atoms with Crippen molar-refractivity contribution in [3.63, 3.8) is 0 Å². The smallest absolute Gasteiger partial charge is 0.313 e. The van der Waals surface area contributed by atoms with Crippen LogP contribution in [-0.2, 0) is 16.1 Å². The number of ether oxygens (including phenoxy) is 1. The number of hydrogen-bond donors (Lipinski definition) is 1. The summed E-state index contributed by atoms with van der Waals surface area (Å²) in [6.07, 6.45) is 1.91. The third kappa shape index (κ3) is 3.95. The maximum atomic E-state index is 10.6. The van der Waals surface area contributed by atoms with Crippen LogP contribution >= 0.6 is 11.8 Å². The maximum Gasteiger partial charge on any atom is 0.313 e. The molecule has 0 aliphatic carbocycles. The molecular weight excluding hydrogens is 266 g/mol. The third-order valence-corrected chi connectivity index (χ3v) is 4.05. The minimum atomic E-state index is -0.828. The van der Waals surface area contributed by atoms with Crippen LogP contribution in [0.2, 0.25) is 0 Å². The van der Waals surface area contributed by atoms with Crippen molar-refractivity contribution >= 4 is 17.7 Å². The molecule has 0 radical (unpaired) electrons. The van der Waals surface area contributed by atoms with Crippen LogP contribution in [0.15, 0.2) is 11.4 Å². The Morgan fingerprint density at radius 2 is 2.47 bits per heavy atom. The summed E-state index contributed by atoms with van der Waals surface area (Å²) in [5.41, 5.74) is 1.03. The van der Waals surface area contributed by atoms with Gasteiger partial charge in [-0.3, -0.25) is 4.79 Å². The van der Waals surface area contributed by atoms with E-state index in [1.54, 1.807) is 6.20 Å². The topological polar surface area (TPSA) is 67.6 Å². The predicted molar refractivity (Wildman–Crippen MR) is 72.6 cm³/mol. The van der Waals surface area contributed by atoms with Gasteiger partial charge in [-0.05, 0) is 14.0 Å². The van der Waals surface area contributed by atoms with E-state index >= 15 is 0 Å². The quantitative estimate of drug-likeness (QED) is 0.803. The van der Waals surface area contributed by atoms with Gasteiger partial charge < -0.3 is 19.3 Å². The molecule has 19 heavy (non-hydrogen) atoms. The molecule has 0 saturated carbocycles. The zero-order valence-corrected chi connectivity index (χ0v) is 12.0. The number of aliphatic carboxylic acids is 1. The molecule has 2 heterocycles. The van der Waals surface area contributed by atoms with Crippen molar-refractivity contribution in [2.75, 3.05) is 32.5 Å². The molecule has 1 aromatic rings. The van der Waals surface area contributed by atoms with E-state index in [2.05, 4.69) is 16.9 Å². The van der Waals surface area contributed by atoms with Gasteiger partial charge in [0.1, 0.15) is 0 Å².